The molecule has 3 N–H and O–H groups in total. The molecule has 1 rings (SSSR count). The van der Waals surface area contributed by atoms with Gasteiger partial charge in [0, 0.05) is 20.1 Å². The highest BCUT2D eigenvalue weighted by Crippen LogP contribution is 2.29. The normalized spacial score (nSPS) is 10.1. The molecule has 1 aromatic rings. The highest BCUT2D eigenvalue weighted by Gasteiger charge is 2.15. The third kappa shape index (κ3) is 3.35. The Morgan fingerprint density at radius 3 is 2.76 bits per heavy atom. The van der Waals surface area contributed by atoms with Crippen molar-refractivity contribution >= 4 is 23.2 Å². The Morgan fingerprint density at radius 1 is 1.53 bits per heavy atom. The predicted octanol–water partition coefficient (Wildman–Crippen LogP) is 1.37. The zero-order valence-corrected chi connectivity index (χ0v) is 10.9. The lowest BCUT2D eigenvalue weighted by Crippen LogP contribution is -2.36. The third-order valence-electron chi connectivity index (χ3n) is 2.60. The molecule has 0 heterocycles. The molecule has 1 amide bonds. The minimum absolute atomic E-state index is 0.0465. The monoisotopic (exact) mass is 255 g/mol. The Kier molecular flexibility index (Phi) is 5.25. The van der Waals surface area contributed by atoms with Gasteiger partial charge in [0.05, 0.1) is 17.3 Å². The number of carbonyl (C=O) groups is 1. The average Bonchev–Trinajstić information content (AvgIpc) is 2.35. The zero-order chi connectivity index (χ0) is 12.8. The maximum absolute atomic E-state index is 11.4. The predicted molar refractivity (Wildman–Crippen MR) is 71.3 cm³/mol. The van der Waals surface area contributed by atoms with Gasteiger partial charge in [0.1, 0.15) is 0 Å². The van der Waals surface area contributed by atoms with Crippen LogP contribution in [-0.4, -0.2) is 26.0 Å². The molecule has 17 heavy (non-hydrogen) atoms. The highest BCUT2D eigenvalue weighted by molar-refractivity contribution is 6.33. The number of rotatable bonds is 5. The molecule has 0 saturated heterocycles. The number of carbonyl (C=O) groups excluding carboxylic acids is 1. The van der Waals surface area contributed by atoms with Gasteiger partial charge < -0.3 is 16.0 Å². The third-order valence-corrected chi connectivity index (χ3v) is 2.91. The molecule has 4 nitrogen and oxygen atoms in total. The summed E-state index contributed by atoms with van der Waals surface area (Å²) in [5.41, 5.74) is 7.49. The molecule has 0 atom stereocenters. The van der Waals surface area contributed by atoms with Crippen molar-refractivity contribution in [1.82, 2.24) is 5.32 Å². The molecular weight excluding hydrogens is 238 g/mol. The van der Waals surface area contributed by atoms with Crippen LogP contribution >= 0.6 is 11.6 Å². The summed E-state index contributed by atoms with van der Waals surface area (Å²) in [4.78, 5) is 13.4. The molecular formula is C12H18ClN3O. The Balaban J connectivity index is 3.06. The zero-order valence-electron chi connectivity index (χ0n) is 10.2. The van der Waals surface area contributed by atoms with Gasteiger partial charge in [-0.25, -0.2) is 0 Å². The van der Waals surface area contributed by atoms with Gasteiger partial charge in [0.15, 0.2) is 0 Å². The molecule has 0 fully saturated rings. The average molecular weight is 256 g/mol. The van der Waals surface area contributed by atoms with Crippen molar-refractivity contribution in [1.29, 1.82) is 0 Å². The fourth-order valence-corrected chi connectivity index (χ4v) is 1.99. The number of nitrogens with one attached hydrogen (secondary N) is 1. The lowest BCUT2D eigenvalue weighted by atomic mass is 10.1. The van der Waals surface area contributed by atoms with E-state index in [1.165, 1.54) is 0 Å². The second-order valence-electron chi connectivity index (χ2n) is 3.64. The minimum Gasteiger partial charge on any atom is -0.361 e. The SMILES string of the molecule is CCN(CC(=O)NC)c1c(Cl)cccc1CN. The summed E-state index contributed by atoms with van der Waals surface area (Å²) in [6.07, 6.45) is 0. The topological polar surface area (TPSA) is 58.4 Å². The Morgan fingerprint density at radius 2 is 2.24 bits per heavy atom. The van der Waals surface area contributed by atoms with Crippen LogP contribution in [0.1, 0.15) is 12.5 Å². The smallest absolute Gasteiger partial charge is 0.239 e. The van der Waals surface area contributed by atoms with Crippen LogP contribution in [0, 0.1) is 0 Å². The van der Waals surface area contributed by atoms with E-state index in [1.54, 1.807) is 7.05 Å². The van der Waals surface area contributed by atoms with E-state index < -0.39 is 0 Å². The largest absolute Gasteiger partial charge is 0.361 e. The summed E-state index contributed by atoms with van der Waals surface area (Å²) in [5.74, 6) is -0.0465. The van der Waals surface area contributed by atoms with Gasteiger partial charge >= 0.3 is 0 Å². The number of benzene rings is 1. The summed E-state index contributed by atoms with van der Waals surface area (Å²) >= 11 is 6.18. The maximum Gasteiger partial charge on any atom is 0.239 e. The van der Waals surface area contributed by atoms with Crippen LogP contribution in [0.15, 0.2) is 18.2 Å². The van der Waals surface area contributed by atoms with Crippen LogP contribution in [0.3, 0.4) is 0 Å². The number of halogens is 1. The molecule has 1 aromatic carbocycles. The molecule has 0 radical (unpaired) electrons. The van der Waals surface area contributed by atoms with Crippen LogP contribution in [0.5, 0.6) is 0 Å². The summed E-state index contributed by atoms with van der Waals surface area (Å²) in [5, 5.41) is 3.23. The molecule has 0 unspecified atom stereocenters. The van der Waals surface area contributed by atoms with Crippen LogP contribution < -0.4 is 16.0 Å². The van der Waals surface area contributed by atoms with Crippen LogP contribution in [0.2, 0.25) is 5.02 Å². The standard InChI is InChI=1S/C12H18ClN3O/c1-3-16(8-11(17)15-2)12-9(7-14)5-4-6-10(12)13/h4-6H,3,7-8,14H2,1-2H3,(H,15,17). The van der Waals surface area contributed by atoms with E-state index in [1.807, 2.05) is 30.0 Å². The van der Waals surface area contributed by atoms with Crippen molar-refractivity contribution in [3.05, 3.63) is 28.8 Å². The minimum atomic E-state index is -0.0465. The van der Waals surface area contributed by atoms with E-state index >= 15 is 0 Å². The highest BCUT2D eigenvalue weighted by atomic mass is 35.5. The molecule has 0 bridgehead atoms. The van der Waals surface area contributed by atoms with E-state index in [-0.39, 0.29) is 12.5 Å². The fraction of sp³-hybridized carbons (Fsp3) is 0.417. The first-order valence-electron chi connectivity index (χ1n) is 5.57. The maximum atomic E-state index is 11.4. The van der Waals surface area contributed by atoms with Gasteiger partial charge in [-0.2, -0.15) is 0 Å². The van der Waals surface area contributed by atoms with Crippen LogP contribution in [0.4, 0.5) is 5.69 Å². The molecule has 0 aliphatic heterocycles. The Bertz CT molecular complexity index is 395. The van der Waals surface area contributed by atoms with Gasteiger partial charge in [-0.05, 0) is 18.6 Å². The Hall–Kier alpha value is -1.26. The van der Waals surface area contributed by atoms with Crippen molar-refractivity contribution in [2.45, 2.75) is 13.5 Å². The summed E-state index contributed by atoms with van der Waals surface area (Å²) in [7, 11) is 1.62. The van der Waals surface area contributed by atoms with Gasteiger partial charge in [-0.15, -0.1) is 0 Å². The number of nitrogens with two attached hydrogens (primary N) is 1. The van der Waals surface area contributed by atoms with Gasteiger partial charge in [0.25, 0.3) is 0 Å². The van der Waals surface area contributed by atoms with E-state index in [9.17, 15) is 4.79 Å². The number of hydrogen-bond acceptors (Lipinski definition) is 3. The molecule has 0 aromatic heterocycles. The fourth-order valence-electron chi connectivity index (χ4n) is 1.68. The van der Waals surface area contributed by atoms with Crippen molar-refractivity contribution in [2.24, 2.45) is 5.73 Å². The second-order valence-corrected chi connectivity index (χ2v) is 4.05. The lowest BCUT2D eigenvalue weighted by Gasteiger charge is -2.25. The molecule has 5 heteroatoms. The molecule has 0 aliphatic carbocycles. The first-order chi connectivity index (χ1) is 8.13. The van der Waals surface area contributed by atoms with Crippen molar-refractivity contribution in [3.8, 4) is 0 Å². The van der Waals surface area contributed by atoms with Crippen LogP contribution in [0.25, 0.3) is 0 Å². The first kappa shape index (κ1) is 13.8. The summed E-state index contributed by atoms with van der Waals surface area (Å²) in [6.45, 7) is 3.36. The molecule has 0 spiro atoms. The lowest BCUT2D eigenvalue weighted by molar-refractivity contribution is -0.119. The van der Waals surface area contributed by atoms with Crippen molar-refractivity contribution in [2.75, 3.05) is 25.0 Å². The molecule has 0 saturated carbocycles. The number of para-hydroxylation sites is 1. The number of hydrogen-bond donors (Lipinski definition) is 2. The van der Waals surface area contributed by atoms with Gasteiger partial charge in [0.2, 0.25) is 5.91 Å². The number of likely N-dealkylation sites (N-methyl/N-ethyl adjacent to an activating group) is 2. The summed E-state index contributed by atoms with van der Waals surface area (Å²) < 4.78 is 0. The van der Waals surface area contributed by atoms with Crippen molar-refractivity contribution in [3.63, 3.8) is 0 Å². The Labute approximate surface area is 107 Å². The van der Waals surface area contributed by atoms with E-state index in [2.05, 4.69) is 5.32 Å². The molecule has 94 valence electrons. The second kappa shape index (κ2) is 6.47. The number of anilines is 1. The van der Waals surface area contributed by atoms with E-state index in [4.69, 9.17) is 17.3 Å². The van der Waals surface area contributed by atoms with E-state index in [0.717, 1.165) is 11.3 Å². The first-order valence-corrected chi connectivity index (χ1v) is 5.94. The van der Waals surface area contributed by atoms with Gasteiger partial charge in [-0.1, -0.05) is 23.7 Å². The van der Waals surface area contributed by atoms with Gasteiger partial charge in [-0.3, -0.25) is 4.79 Å². The summed E-state index contributed by atoms with van der Waals surface area (Å²) in [6, 6.07) is 5.60. The van der Waals surface area contributed by atoms with Crippen molar-refractivity contribution < 1.29 is 4.79 Å². The molecule has 0 aliphatic rings. The van der Waals surface area contributed by atoms with E-state index in [0.29, 0.717) is 18.1 Å². The van der Waals surface area contributed by atoms with Crippen LogP contribution in [-0.2, 0) is 11.3 Å². The quantitative estimate of drug-likeness (QED) is 0.836. The number of amides is 1. The number of nitrogens with zero attached hydrogens (tertiary/aromatic N) is 1.